The predicted molar refractivity (Wildman–Crippen MR) is 154 cm³/mol. The van der Waals surface area contributed by atoms with Gasteiger partial charge in [-0.15, -0.1) is 0 Å². The summed E-state index contributed by atoms with van der Waals surface area (Å²) in [5.74, 6) is 0.107. The minimum Gasteiger partial charge on any atom is -0.493 e. The van der Waals surface area contributed by atoms with Crippen molar-refractivity contribution < 1.29 is 24.2 Å². The summed E-state index contributed by atoms with van der Waals surface area (Å²) in [5.41, 5.74) is 2.65. The average Bonchev–Trinajstić information content (AvgIpc) is 2.95. The quantitative estimate of drug-likeness (QED) is 0.607. The molecule has 3 aliphatic rings. The lowest BCUT2D eigenvalue weighted by molar-refractivity contribution is -0.135. The molecule has 2 aromatic rings. The van der Waals surface area contributed by atoms with Crippen LogP contribution < -0.4 is 10.1 Å². The number of benzene rings is 2. The van der Waals surface area contributed by atoms with Crippen LogP contribution in [0.1, 0.15) is 56.8 Å². The molecule has 0 aliphatic carbocycles. The molecule has 0 radical (unpaired) electrons. The number of hydrogen-bond acceptors (Lipinski definition) is 6. The van der Waals surface area contributed by atoms with Gasteiger partial charge in [0.15, 0.2) is 0 Å². The number of carbonyl (C=O) groups excluding carboxylic acids is 2. The maximum atomic E-state index is 14.1. The Morgan fingerprint density at radius 1 is 1.00 bits per heavy atom. The number of nitrogens with one attached hydrogen (secondary N) is 1. The monoisotopic (exact) mass is 549 g/mol. The van der Waals surface area contributed by atoms with E-state index in [9.17, 15) is 14.7 Å². The molecule has 2 saturated heterocycles. The van der Waals surface area contributed by atoms with E-state index in [2.05, 4.69) is 31.0 Å². The Kier molecular flexibility index (Phi) is 8.78. The summed E-state index contributed by atoms with van der Waals surface area (Å²) in [6.07, 6.45) is 1.79. The lowest BCUT2D eigenvalue weighted by Gasteiger charge is -2.42. The Balaban J connectivity index is 1.46. The number of rotatable bonds is 3. The summed E-state index contributed by atoms with van der Waals surface area (Å²) < 4.78 is 12.5. The average molecular weight is 550 g/mol. The van der Waals surface area contributed by atoms with Crippen molar-refractivity contribution in [3.8, 4) is 16.9 Å². The first-order valence-corrected chi connectivity index (χ1v) is 14.6. The number of aliphatic hydroxyl groups excluding tert-OH is 1. The fourth-order valence-corrected chi connectivity index (χ4v) is 5.75. The number of piperazine rings is 1. The highest BCUT2D eigenvalue weighted by molar-refractivity contribution is 6.00. The van der Waals surface area contributed by atoms with E-state index in [1.165, 1.54) is 0 Å². The van der Waals surface area contributed by atoms with Crippen molar-refractivity contribution in [3.05, 3.63) is 54.1 Å². The molecule has 216 valence electrons. The summed E-state index contributed by atoms with van der Waals surface area (Å²) in [4.78, 5) is 31.7. The summed E-state index contributed by atoms with van der Waals surface area (Å²) >= 11 is 0. The number of aliphatic hydroxyl groups is 1. The standard InChI is InChI=1S/C32H43N3O5/c1-32(2,3)14-15-34-16-17-35-26(21-34)30(37)33-20-29-27(36)12-10-24(40-29)13-18-39-28-19-23(9-11-25(28)31(35)38)22-7-5-4-6-8-22/h4-9,11,19,24,26-27,29,36H,10,12-18,20-21H2,1-3H3,(H,33,37)/t24-,26-,27-,29+/m0/s1. The Morgan fingerprint density at radius 2 is 1.80 bits per heavy atom. The third kappa shape index (κ3) is 6.85. The molecule has 8 nitrogen and oxygen atoms in total. The zero-order valence-electron chi connectivity index (χ0n) is 24.0. The SMILES string of the molecule is CC(C)(C)CCN1CCN2C(=O)c3ccc(-c4ccccc4)cc3OCC[C@@H]3CC[C@H](O)[C@@H](CNC(=O)[C@@H]2C1)O3. The number of amides is 2. The Hall–Kier alpha value is -2.94. The van der Waals surface area contributed by atoms with Crippen LogP contribution in [-0.4, -0.2) is 90.4 Å². The fraction of sp³-hybridized carbons (Fsp3) is 0.562. The Morgan fingerprint density at radius 3 is 2.58 bits per heavy atom. The number of fused-ring (bicyclic) bond motifs is 4. The van der Waals surface area contributed by atoms with E-state index in [-0.39, 0.29) is 29.9 Å². The molecule has 2 N–H and O–H groups in total. The first-order chi connectivity index (χ1) is 19.2. The molecule has 2 amide bonds. The van der Waals surface area contributed by atoms with Gasteiger partial charge in [-0.2, -0.15) is 0 Å². The number of ether oxygens (including phenoxy) is 2. The number of carbonyl (C=O) groups is 2. The predicted octanol–water partition coefficient (Wildman–Crippen LogP) is 3.72. The maximum absolute atomic E-state index is 14.1. The number of hydrogen-bond donors (Lipinski definition) is 2. The van der Waals surface area contributed by atoms with Gasteiger partial charge in [-0.25, -0.2) is 0 Å². The molecule has 4 atom stereocenters. The van der Waals surface area contributed by atoms with Gasteiger partial charge < -0.3 is 24.8 Å². The molecule has 0 saturated carbocycles. The molecule has 40 heavy (non-hydrogen) atoms. The van der Waals surface area contributed by atoms with E-state index in [1.54, 1.807) is 4.90 Å². The van der Waals surface area contributed by atoms with E-state index in [1.807, 2.05) is 48.5 Å². The van der Waals surface area contributed by atoms with Crippen molar-refractivity contribution in [1.82, 2.24) is 15.1 Å². The van der Waals surface area contributed by atoms with Crippen LogP contribution >= 0.6 is 0 Å². The van der Waals surface area contributed by atoms with Gasteiger partial charge in [0.2, 0.25) is 5.91 Å². The molecule has 2 aromatic carbocycles. The molecule has 3 heterocycles. The van der Waals surface area contributed by atoms with Gasteiger partial charge in [0, 0.05) is 32.6 Å². The van der Waals surface area contributed by atoms with Gasteiger partial charge in [-0.3, -0.25) is 14.5 Å². The van der Waals surface area contributed by atoms with Crippen LogP contribution in [0.25, 0.3) is 11.1 Å². The summed E-state index contributed by atoms with van der Waals surface area (Å²) in [6, 6.07) is 15.1. The van der Waals surface area contributed by atoms with E-state index in [0.717, 1.165) is 30.5 Å². The van der Waals surface area contributed by atoms with Gasteiger partial charge >= 0.3 is 0 Å². The molecule has 2 fully saturated rings. The van der Waals surface area contributed by atoms with E-state index < -0.39 is 18.2 Å². The van der Waals surface area contributed by atoms with Crippen LogP contribution in [-0.2, 0) is 9.53 Å². The fourth-order valence-electron chi connectivity index (χ4n) is 5.75. The lowest BCUT2D eigenvalue weighted by Crippen LogP contribution is -2.61. The van der Waals surface area contributed by atoms with Crippen LogP contribution in [0.4, 0.5) is 0 Å². The molecule has 2 bridgehead atoms. The molecule has 0 spiro atoms. The second-order valence-electron chi connectivity index (χ2n) is 12.5. The van der Waals surface area contributed by atoms with Gasteiger partial charge in [0.1, 0.15) is 17.9 Å². The van der Waals surface area contributed by atoms with E-state index in [4.69, 9.17) is 9.47 Å². The Bertz CT molecular complexity index is 1180. The normalized spacial score (nSPS) is 26.6. The zero-order valence-corrected chi connectivity index (χ0v) is 24.0. The van der Waals surface area contributed by atoms with E-state index in [0.29, 0.717) is 50.4 Å². The van der Waals surface area contributed by atoms with Gasteiger partial charge in [-0.05, 0) is 54.5 Å². The summed E-state index contributed by atoms with van der Waals surface area (Å²) in [7, 11) is 0. The molecule has 5 rings (SSSR count). The second-order valence-corrected chi connectivity index (χ2v) is 12.5. The smallest absolute Gasteiger partial charge is 0.258 e. The minimum absolute atomic E-state index is 0.0798. The van der Waals surface area contributed by atoms with Crippen LogP contribution in [0.2, 0.25) is 0 Å². The van der Waals surface area contributed by atoms with Crippen molar-refractivity contribution in [2.45, 2.75) is 70.8 Å². The highest BCUT2D eigenvalue weighted by atomic mass is 16.5. The molecule has 0 aromatic heterocycles. The summed E-state index contributed by atoms with van der Waals surface area (Å²) in [5, 5.41) is 13.6. The largest absolute Gasteiger partial charge is 0.493 e. The minimum atomic E-state index is -0.651. The molecule has 0 unspecified atom stereocenters. The van der Waals surface area contributed by atoms with Crippen molar-refractivity contribution in [2.75, 3.05) is 39.3 Å². The molecule has 8 heteroatoms. The molecule has 3 aliphatic heterocycles. The Labute approximate surface area is 237 Å². The molecular weight excluding hydrogens is 506 g/mol. The van der Waals surface area contributed by atoms with Gasteiger partial charge in [-0.1, -0.05) is 57.2 Å². The van der Waals surface area contributed by atoms with Gasteiger partial charge in [0.05, 0.1) is 24.4 Å². The third-order valence-electron chi connectivity index (χ3n) is 8.28. The highest BCUT2D eigenvalue weighted by Crippen LogP contribution is 2.31. The van der Waals surface area contributed by atoms with Crippen LogP contribution in [0.3, 0.4) is 0 Å². The maximum Gasteiger partial charge on any atom is 0.258 e. The first-order valence-electron chi connectivity index (χ1n) is 14.6. The topological polar surface area (TPSA) is 91.3 Å². The molecular formula is C32H43N3O5. The first kappa shape index (κ1) is 28.6. The van der Waals surface area contributed by atoms with Crippen LogP contribution in [0, 0.1) is 5.41 Å². The highest BCUT2D eigenvalue weighted by Gasteiger charge is 2.38. The van der Waals surface area contributed by atoms with Crippen LogP contribution in [0.5, 0.6) is 5.75 Å². The van der Waals surface area contributed by atoms with Crippen LogP contribution in [0.15, 0.2) is 48.5 Å². The summed E-state index contributed by atoms with van der Waals surface area (Å²) in [6.45, 7) is 9.72. The van der Waals surface area contributed by atoms with Crippen molar-refractivity contribution >= 4 is 11.8 Å². The zero-order chi connectivity index (χ0) is 28.3. The lowest BCUT2D eigenvalue weighted by atomic mass is 9.92. The third-order valence-corrected chi connectivity index (χ3v) is 8.28. The van der Waals surface area contributed by atoms with Crippen molar-refractivity contribution in [1.29, 1.82) is 0 Å². The van der Waals surface area contributed by atoms with Crippen molar-refractivity contribution in [2.24, 2.45) is 5.41 Å². The van der Waals surface area contributed by atoms with Gasteiger partial charge in [0.25, 0.3) is 5.91 Å². The number of nitrogens with zero attached hydrogens (tertiary/aromatic N) is 2. The van der Waals surface area contributed by atoms with Crippen molar-refractivity contribution in [3.63, 3.8) is 0 Å². The van der Waals surface area contributed by atoms with E-state index >= 15 is 0 Å². The second kappa shape index (κ2) is 12.3.